The third kappa shape index (κ3) is 2.88. The normalized spacial score (nSPS) is 9.75. The molecule has 0 saturated carbocycles. The lowest BCUT2D eigenvalue weighted by Gasteiger charge is -2.06. The van der Waals surface area contributed by atoms with Gasteiger partial charge in [-0.15, -0.1) is 0 Å². The lowest BCUT2D eigenvalue weighted by atomic mass is 10.1. The Hall–Kier alpha value is -2.24. The first-order valence-corrected chi connectivity index (χ1v) is 4.53. The summed E-state index contributed by atoms with van der Waals surface area (Å²) < 4.78 is 0. The van der Waals surface area contributed by atoms with E-state index < -0.39 is 23.4 Å². The molecule has 1 rings (SSSR count). The Balaban J connectivity index is 2.66. The second kappa shape index (κ2) is 5.01. The summed E-state index contributed by atoms with van der Waals surface area (Å²) in [5.41, 5.74) is -0.0922. The van der Waals surface area contributed by atoms with Gasteiger partial charge in [-0.2, -0.15) is 0 Å². The van der Waals surface area contributed by atoms with Crippen molar-refractivity contribution in [2.45, 2.75) is 6.42 Å². The highest BCUT2D eigenvalue weighted by Crippen LogP contribution is 2.27. The predicted molar refractivity (Wildman–Crippen MR) is 54.4 cm³/mol. The number of carboxylic acid groups (broad SMARTS) is 1. The molecule has 0 heterocycles. The van der Waals surface area contributed by atoms with Crippen molar-refractivity contribution in [3.8, 4) is 11.5 Å². The number of phenols is 2. The molecule has 0 saturated heterocycles. The fourth-order valence-corrected chi connectivity index (χ4v) is 1.09. The van der Waals surface area contributed by atoms with Gasteiger partial charge >= 0.3 is 5.97 Å². The molecule has 16 heavy (non-hydrogen) atoms. The largest absolute Gasteiger partial charge is 0.504 e. The van der Waals surface area contributed by atoms with Crippen LogP contribution in [-0.4, -0.2) is 33.7 Å². The van der Waals surface area contributed by atoms with Gasteiger partial charge in [-0.3, -0.25) is 9.59 Å². The first-order chi connectivity index (χ1) is 7.52. The van der Waals surface area contributed by atoms with Gasteiger partial charge in [0.2, 0.25) is 0 Å². The molecule has 0 fully saturated rings. The second-order valence-corrected chi connectivity index (χ2v) is 3.07. The minimum atomic E-state index is -1.03. The van der Waals surface area contributed by atoms with Crippen LogP contribution < -0.4 is 5.32 Å². The molecule has 6 heteroatoms. The zero-order valence-electron chi connectivity index (χ0n) is 8.30. The standard InChI is InChI=1S/C10H11NO5/c12-7-3-1-2-6(9(7)15)10(16)11-5-4-8(13)14/h1-3,12,15H,4-5H2,(H,11,16)(H,13,14). The van der Waals surface area contributed by atoms with E-state index in [1.54, 1.807) is 0 Å². The van der Waals surface area contributed by atoms with E-state index in [0.717, 1.165) is 0 Å². The van der Waals surface area contributed by atoms with E-state index in [0.29, 0.717) is 0 Å². The van der Waals surface area contributed by atoms with E-state index in [4.69, 9.17) is 10.2 Å². The van der Waals surface area contributed by atoms with E-state index in [1.165, 1.54) is 18.2 Å². The maximum absolute atomic E-state index is 11.4. The van der Waals surface area contributed by atoms with Crippen LogP contribution in [0.3, 0.4) is 0 Å². The number of aliphatic carboxylic acids is 1. The van der Waals surface area contributed by atoms with E-state index in [-0.39, 0.29) is 18.5 Å². The fraction of sp³-hybridized carbons (Fsp3) is 0.200. The fourth-order valence-electron chi connectivity index (χ4n) is 1.09. The summed E-state index contributed by atoms with van der Waals surface area (Å²) in [6.45, 7) is -0.0384. The summed E-state index contributed by atoms with van der Waals surface area (Å²) in [7, 11) is 0. The van der Waals surface area contributed by atoms with Gasteiger partial charge in [-0.25, -0.2) is 0 Å². The first kappa shape index (κ1) is 11.8. The zero-order chi connectivity index (χ0) is 12.1. The summed E-state index contributed by atoms with van der Waals surface area (Å²) in [6.07, 6.45) is -0.203. The Labute approximate surface area is 91.1 Å². The molecular formula is C10H11NO5. The van der Waals surface area contributed by atoms with Gasteiger partial charge in [0.25, 0.3) is 5.91 Å². The van der Waals surface area contributed by atoms with Crippen molar-refractivity contribution in [2.24, 2.45) is 0 Å². The van der Waals surface area contributed by atoms with Gasteiger partial charge < -0.3 is 20.6 Å². The molecule has 0 unspecified atom stereocenters. The molecule has 0 aliphatic heterocycles. The SMILES string of the molecule is O=C(O)CCNC(=O)c1cccc(O)c1O. The number of para-hydroxylation sites is 1. The average Bonchev–Trinajstić information content (AvgIpc) is 2.21. The van der Waals surface area contributed by atoms with E-state index in [9.17, 15) is 14.7 Å². The Morgan fingerprint density at radius 3 is 2.56 bits per heavy atom. The van der Waals surface area contributed by atoms with Crippen LogP contribution in [0.25, 0.3) is 0 Å². The van der Waals surface area contributed by atoms with Crippen LogP contribution in [0.1, 0.15) is 16.8 Å². The lowest BCUT2D eigenvalue weighted by Crippen LogP contribution is -2.26. The molecule has 0 atom stereocenters. The maximum Gasteiger partial charge on any atom is 0.305 e. The number of hydrogen-bond acceptors (Lipinski definition) is 4. The number of carbonyl (C=O) groups is 2. The molecule has 86 valence electrons. The summed E-state index contributed by atoms with van der Waals surface area (Å²) in [5.74, 6) is -2.57. The highest BCUT2D eigenvalue weighted by Gasteiger charge is 2.13. The van der Waals surface area contributed by atoms with Gasteiger partial charge in [0.1, 0.15) is 0 Å². The van der Waals surface area contributed by atoms with Gasteiger partial charge in [-0.1, -0.05) is 6.07 Å². The molecule has 0 aliphatic carbocycles. The Morgan fingerprint density at radius 1 is 1.25 bits per heavy atom. The van der Waals surface area contributed by atoms with Crippen molar-refractivity contribution < 1.29 is 24.9 Å². The van der Waals surface area contributed by atoms with Crippen LogP contribution in [0.4, 0.5) is 0 Å². The van der Waals surface area contributed by atoms with E-state index in [1.807, 2.05) is 0 Å². The van der Waals surface area contributed by atoms with Crippen molar-refractivity contribution in [3.05, 3.63) is 23.8 Å². The molecule has 0 aliphatic rings. The van der Waals surface area contributed by atoms with Gasteiger partial charge in [0.15, 0.2) is 11.5 Å². The monoisotopic (exact) mass is 225 g/mol. The molecule has 1 aromatic carbocycles. The molecular weight excluding hydrogens is 214 g/mol. The topological polar surface area (TPSA) is 107 Å². The summed E-state index contributed by atoms with van der Waals surface area (Å²) in [6, 6.07) is 3.97. The number of carboxylic acids is 1. The summed E-state index contributed by atoms with van der Waals surface area (Å²) in [5, 5.41) is 29.2. The molecule has 0 bridgehead atoms. The van der Waals surface area contributed by atoms with Crippen molar-refractivity contribution in [2.75, 3.05) is 6.54 Å². The number of rotatable bonds is 4. The number of phenolic OH excluding ortho intramolecular Hbond substituents is 2. The maximum atomic E-state index is 11.4. The van der Waals surface area contributed by atoms with Crippen LogP contribution in [0.5, 0.6) is 11.5 Å². The van der Waals surface area contributed by atoms with E-state index in [2.05, 4.69) is 5.32 Å². The van der Waals surface area contributed by atoms with Crippen LogP contribution in [0, 0.1) is 0 Å². The zero-order valence-corrected chi connectivity index (χ0v) is 8.30. The van der Waals surface area contributed by atoms with Crippen molar-refractivity contribution in [3.63, 3.8) is 0 Å². The number of benzene rings is 1. The molecule has 6 nitrogen and oxygen atoms in total. The van der Waals surface area contributed by atoms with Crippen molar-refractivity contribution in [1.29, 1.82) is 0 Å². The number of nitrogens with one attached hydrogen (secondary N) is 1. The number of carbonyl (C=O) groups excluding carboxylic acids is 1. The minimum absolute atomic E-state index is 0.0384. The molecule has 1 amide bonds. The Bertz CT molecular complexity index is 416. The van der Waals surface area contributed by atoms with Crippen LogP contribution >= 0.6 is 0 Å². The molecule has 1 aromatic rings. The van der Waals surface area contributed by atoms with Crippen LogP contribution in [-0.2, 0) is 4.79 Å². The number of aromatic hydroxyl groups is 2. The Kier molecular flexibility index (Phi) is 3.71. The highest BCUT2D eigenvalue weighted by molar-refractivity contribution is 5.97. The molecule has 4 N–H and O–H groups in total. The van der Waals surface area contributed by atoms with Gasteiger partial charge in [-0.05, 0) is 12.1 Å². The second-order valence-electron chi connectivity index (χ2n) is 3.07. The van der Waals surface area contributed by atoms with E-state index >= 15 is 0 Å². The molecule has 0 aromatic heterocycles. The average molecular weight is 225 g/mol. The lowest BCUT2D eigenvalue weighted by molar-refractivity contribution is -0.136. The summed E-state index contributed by atoms with van der Waals surface area (Å²) in [4.78, 5) is 21.6. The summed E-state index contributed by atoms with van der Waals surface area (Å²) >= 11 is 0. The third-order valence-corrected chi connectivity index (χ3v) is 1.88. The smallest absolute Gasteiger partial charge is 0.305 e. The van der Waals surface area contributed by atoms with Gasteiger partial charge in [0, 0.05) is 6.54 Å². The third-order valence-electron chi connectivity index (χ3n) is 1.88. The minimum Gasteiger partial charge on any atom is -0.504 e. The van der Waals surface area contributed by atoms with Gasteiger partial charge in [0.05, 0.1) is 12.0 Å². The predicted octanol–water partition coefficient (Wildman–Crippen LogP) is 0.302. The van der Waals surface area contributed by atoms with Crippen molar-refractivity contribution >= 4 is 11.9 Å². The van der Waals surface area contributed by atoms with Crippen LogP contribution in [0.2, 0.25) is 0 Å². The molecule has 0 radical (unpaired) electrons. The highest BCUT2D eigenvalue weighted by atomic mass is 16.4. The number of amides is 1. The number of hydrogen-bond donors (Lipinski definition) is 4. The Morgan fingerprint density at radius 2 is 1.94 bits per heavy atom. The first-order valence-electron chi connectivity index (χ1n) is 4.53. The van der Waals surface area contributed by atoms with Crippen LogP contribution in [0.15, 0.2) is 18.2 Å². The molecule has 0 spiro atoms. The van der Waals surface area contributed by atoms with Crippen molar-refractivity contribution in [1.82, 2.24) is 5.32 Å². The quantitative estimate of drug-likeness (QED) is 0.551.